The minimum atomic E-state index is -0.0183. The molecular formula is C20H37N5O. The highest BCUT2D eigenvalue weighted by Gasteiger charge is 2.19. The minimum absolute atomic E-state index is 0.0183. The second kappa shape index (κ2) is 9.95. The molecule has 1 aromatic rings. The van der Waals surface area contributed by atoms with Crippen molar-refractivity contribution < 1.29 is 4.42 Å². The van der Waals surface area contributed by atoms with Crippen molar-refractivity contribution in [3.63, 3.8) is 0 Å². The zero-order valence-electron chi connectivity index (χ0n) is 17.3. The Morgan fingerprint density at radius 3 is 2.62 bits per heavy atom. The topological polar surface area (TPSA) is 65.7 Å². The molecular weight excluding hydrogens is 326 g/mol. The van der Waals surface area contributed by atoms with E-state index in [0.717, 1.165) is 37.3 Å². The summed E-state index contributed by atoms with van der Waals surface area (Å²) < 4.78 is 5.80. The van der Waals surface area contributed by atoms with Crippen molar-refractivity contribution in [1.82, 2.24) is 20.5 Å². The lowest BCUT2D eigenvalue weighted by Gasteiger charge is -2.31. The average Bonchev–Trinajstić information content (AvgIpc) is 3.11. The van der Waals surface area contributed by atoms with E-state index < -0.39 is 0 Å². The van der Waals surface area contributed by atoms with Crippen LogP contribution >= 0.6 is 0 Å². The molecule has 2 N–H and O–H groups in total. The summed E-state index contributed by atoms with van der Waals surface area (Å²) in [5.41, 5.74) is -0.0183. The minimum Gasteiger partial charge on any atom is -0.443 e. The Kier molecular flexibility index (Phi) is 7.94. The molecule has 0 aromatic carbocycles. The lowest BCUT2D eigenvalue weighted by Crippen LogP contribution is -2.39. The third-order valence-electron chi connectivity index (χ3n) is 5.10. The molecule has 148 valence electrons. The van der Waals surface area contributed by atoms with Crippen LogP contribution in [0.1, 0.15) is 70.9 Å². The maximum absolute atomic E-state index is 5.80. The van der Waals surface area contributed by atoms with Crippen molar-refractivity contribution in [3.8, 4) is 0 Å². The molecule has 0 unspecified atom stereocenters. The molecule has 1 fully saturated rings. The molecule has 1 aliphatic carbocycles. The van der Waals surface area contributed by atoms with Crippen LogP contribution in [0.25, 0.3) is 0 Å². The van der Waals surface area contributed by atoms with Gasteiger partial charge in [0.25, 0.3) is 0 Å². The monoisotopic (exact) mass is 363 g/mol. The van der Waals surface area contributed by atoms with Crippen LogP contribution < -0.4 is 10.6 Å². The molecule has 0 aliphatic heterocycles. The Balaban J connectivity index is 1.65. The fourth-order valence-corrected chi connectivity index (χ4v) is 3.36. The number of hydrogen-bond donors (Lipinski definition) is 2. The summed E-state index contributed by atoms with van der Waals surface area (Å²) in [6.45, 7) is 8.94. The first-order chi connectivity index (χ1) is 12.4. The lowest BCUT2D eigenvalue weighted by molar-refractivity contribution is 0.190. The molecule has 1 saturated carbocycles. The number of nitrogens with one attached hydrogen (secondary N) is 2. The molecule has 0 amide bonds. The molecule has 0 atom stereocenters. The van der Waals surface area contributed by atoms with E-state index in [2.05, 4.69) is 53.3 Å². The third-order valence-corrected chi connectivity index (χ3v) is 5.10. The fourth-order valence-electron chi connectivity index (χ4n) is 3.36. The van der Waals surface area contributed by atoms with Crippen LogP contribution in [-0.2, 0) is 12.0 Å². The second-order valence-electron chi connectivity index (χ2n) is 8.35. The van der Waals surface area contributed by atoms with Gasteiger partial charge in [-0.05, 0) is 32.9 Å². The van der Waals surface area contributed by atoms with Gasteiger partial charge in [0.15, 0.2) is 5.96 Å². The fraction of sp³-hybridized carbons (Fsp3) is 0.800. The smallest absolute Gasteiger partial charge is 0.213 e. The molecule has 6 heteroatoms. The largest absolute Gasteiger partial charge is 0.443 e. The van der Waals surface area contributed by atoms with Crippen LogP contribution in [0.4, 0.5) is 0 Å². The number of oxazole rings is 1. The zero-order valence-corrected chi connectivity index (χ0v) is 17.3. The van der Waals surface area contributed by atoms with Gasteiger partial charge in [0.05, 0.1) is 12.7 Å². The van der Waals surface area contributed by atoms with Crippen molar-refractivity contribution >= 4 is 5.96 Å². The van der Waals surface area contributed by atoms with E-state index in [1.54, 1.807) is 7.05 Å². The number of hydrogen-bond acceptors (Lipinski definition) is 4. The predicted molar refractivity (Wildman–Crippen MR) is 108 cm³/mol. The molecule has 0 bridgehead atoms. The number of guanidine groups is 1. The molecule has 1 heterocycles. The molecule has 1 aromatic heterocycles. The van der Waals surface area contributed by atoms with Gasteiger partial charge >= 0.3 is 0 Å². The van der Waals surface area contributed by atoms with Crippen molar-refractivity contribution in [2.45, 2.75) is 77.3 Å². The van der Waals surface area contributed by atoms with Gasteiger partial charge in [0.1, 0.15) is 5.76 Å². The summed E-state index contributed by atoms with van der Waals surface area (Å²) in [4.78, 5) is 11.1. The highest BCUT2D eigenvalue weighted by atomic mass is 16.4. The quantitative estimate of drug-likeness (QED) is 0.442. The molecule has 0 radical (unpaired) electrons. The van der Waals surface area contributed by atoms with Gasteiger partial charge in [-0.1, -0.05) is 40.0 Å². The first-order valence-electron chi connectivity index (χ1n) is 10.00. The van der Waals surface area contributed by atoms with Gasteiger partial charge in [-0.3, -0.25) is 4.99 Å². The van der Waals surface area contributed by atoms with E-state index >= 15 is 0 Å². The maximum Gasteiger partial charge on any atom is 0.213 e. The number of aliphatic imine (C=N–C) groups is 1. The van der Waals surface area contributed by atoms with Crippen LogP contribution in [0.15, 0.2) is 15.6 Å². The normalized spacial score (nSPS) is 16.9. The van der Waals surface area contributed by atoms with E-state index in [0.29, 0.717) is 12.4 Å². The lowest BCUT2D eigenvalue weighted by atomic mass is 9.94. The van der Waals surface area contributed by atoms with Crippen molar-refractivity contribution in [3.05, 3.63) is 17.8 Å². The summed E-state index contributed by atoms with van der Waals surface area (Å²) in [6, 6.07) is 0.781. The van der Waals surface area contributed by atoms with E-state index in [9.17, 15) is 0 Å². The number of nitrogens with zero attached hydrogens (tertiary/aromatic N) is 3. The van der Waals surface area contributed by atoms with Gasteiger partial charge in [0, 0.05) is 25.0 Å². The highest BCUT2D eigenvalue weighted by Crippen LogP contribution is 2.22. The third kappa shape index (κ3) is 6.63. The Bertz CT molecular complexity index is 555. The van der Waals surface area contributed by atoms with Crippen LogP contribution in [0.3, 0.4) is 0 Å². The van der Waals surface area contributed by atoms with Crippen LogP contribution in [-0.4, -0.2) is 49.1 Å². The summed E-state index contributed by atoms with van der Waals surface area (Å²) in [6.07, 6.45) is 9.84. The van der Waals surface area contributed by atoms with Gasteiger partial charge in [0.2, 0.25) is 5.89 Å². The first-order valence-corrected chi connectivity index (χ1v) is 10.00. The van der Waals surface area contributed by atoms with Gasteiger partial charge in [-0.2, -0.15) is 0 Å². The van der Waals surface area contributed by atoms with Crippen LogP contribution in [0.2, 0.25) is 0 Å². The predicted octanol–water partition coefficient (Wildman–Crippen LogP) is 3.29. The van der Waals surface area contributed by atoms with Gasteiger partial charge < -0.3 is 20.0 Å². The van der Waals surface area contributed by atoms with Crippen LogP contribution in [0.5, 0.6) is 0 Å². The van der Waals surface area contributed by atoms with E-state index in [1.165, 1.54) is 32.1 Å². The summed E-state index contributed by atoms with van der Waals surface area (Å²) >= 11 is 0. The van der Waals surface area contributed by atoms with Crippen molar-refractivity contribution in [2.24, 2.45) is 4.99 Å². The molecule has 6 nitrogen and oxygen atoms in total. The summed E-state index contributed by atoms with van der Waals surface area (Å²) in [5, 5.41) is 6.65. The SMILES string of the molecule is CN=C(NCCCN(C)C1CCCCC1)NCc1ncc(C(C)(C)C)o1. The molecule has 0 saturated heterocycles. The standard InChI is InChI=1S/C20H37N5O/c1-20(2,3)17-14-23-18(26-17)15-24-19(21-4)22-12-9-13-25(5)16-10-7-6-8-11-16/h14,16H,6-13,15H2,1-5H3,(H2,21,22,24). The van der Waals surface area contributed by atoms with Crippen LogP contribution in [0, 0.1) is 0 Å². The Morgan fingerprint density at radius 2 is 2.00 bits per heavy atom. The van der Waals surface area contributed by atoms with Crippen molar-refractivity contribution in [1.29, 1.82) is 0 Å². The van der Waals surface area contributed by atoms with E-state index in [-0.39, 0.29) is 5.41 Å². The van der Waals surface area contributed by atoms with Gasteiger partial charge in [-0.25, -0.2) is 4.98 Å². The maximum atomic E-state index is 5.80. The first kappa shape index (κ1) is 20.7. The zero-order chi connectivity index (χ0) is 19.0. The summed E-state index contributed by atoms with van der Waals surface area (Å²) in [5.74, 6) is 2.39. The van der Waals surface area contributed by atoms with E-state index in [1.807, 2.05) is 6.20 Å². The van der Waals surface area contributed by atoms with Crippen molar-refractivity contribution in [2.75, 3.05) is 27.2 Å². The van der Waals surface area contributed by atoms with E-state index in [4.69, 9.17) is 4.42 Å². The number of aromatic nitrogens is 1. The van der Waals surface area contributed by atoms with Gasteiger partial charge in [-0.15, -0.1) is 0 Å². The molecule has 26 heavy (non-hydrogen) atoms. The Hall–Kier alpha value is -1.56. The molecule has 1 aliphatic rings. The molecule has 2 rings (SSSR count). The second-order valence-corrected chi connectivity index (χ2v) is 8.35. The Labute approximate surface area is 158 Å². The highest BCUT2D eigenvalue weighted by molar-refractivity contribution is 5.79. The Morgan fingerprint density at radius 1 is 1.27 bits per heavy atom. The number of rotatable bonds is 7. The molecule has 0 spiro atoms. The average molecular weight is 364 g/mol. The summed E-state index contributed by atoms with van der Waals surface area (Å²) in [7, 11) is 4.05.